The lowest BCUT2D eigenvalue weighted by atomic mass is 9.90. The SMILES string of the molecule is CCCC(C)Cc1cc(O)c(C/C=C(\C)CCC=C(C)C)c(O)c1C(=O)O. The third kappa shape index (κ3) is 7.12. The van der Waals surface area contributed by atoms with Gasteiger partial charge in [0.2, 0.25) is 0 Å². The van der Waals surface area contributed by atoms with Gasteiger partial charge < -0.3 is 15.3 Å². The molecule has 1 unspecified atom stereocenters. The molecule has 1 atom stereocenters. The van der Waals surface area contributed by atoms with Gasteiger partial charge in [0.05, 0.1) is 0 Å². The Balaban J connectivity index is 3.10. The summed E-state index contributed by atoms with van der Waals surface area (Å²) in [6.07, 6.45) is 8.76. The van der Waals surface area contributed by atoms with Gasteiger partial charge in [-0.05, 0) is 64.0 Å². The second kappa shape index (κ2) is 10.8. The van der Waals surface area contributed by atoms with Gasteiger partial charge in [-0.3, -0.25) is 0 Å². The number of benzene rings is 1. The Hall–Kier alpha value is -2.23. The van der Waals surface area contributed by atoms with Crippen molar-refractivity contribution < 1.29 is 20.1 Å². The Morgan fingerprint density at radius 3 is 2.41 bits per heavy atom. The van der Waals surface area contributed by atoms with Crippen LogP contribution in [0.4, 0.5) is 0 Å². The fraction of sp³-hybridized carbons (Fsp3) is 0.522. The molecule has 1 rings (SSSR count). The number of hydrogen-bond donors (Lipinski definition) is 3. The van der Waals surface area contributed by atoms with E-state index in [0.29, 0.717) is 18.4 Å². The highest BCUT2D eigenvalue weighted by Gasteiger charge is 2.22. The first-order valence-electron chi connectivity index (χ1n) is 9.76. The topological polar surface area (TPSA) is 77.8 Å². The number of carbonyl (C=O) groups is 1. The van der Waals surface area contributed by atoms with Gasteiger partial charge in [0.15, 0.2) is 0 Å². The lowest BCUT2D eigenvalue weighted by molar-refractivity contribution is 0.0692. The molecule has 4 nitrogen and oxygen atoms in total. The molecule has 150 valence electrons. The molecule has 0 amide bonds. The molecular formula is C23H34O4. The number of aromatic carboxylic acids is 1. The third-order valence-electron chi connectivity index (χ3n) is 4.77. The number of carboxylic acid groups (broad SMARTS) is 1. The van der Waals surface area contributed by atoms with E-state index in [1.165, 1.54) is 11.6 Å². The van der Waals surface area contributed by atoms with Crippen molar-refractivity contribution in [3.63, 3.8) is 0 Å². The molecule has 0 radical (unpaired) electrons. The van der Waals surface area contributed by atoms with Crippen molar-refractivity contribution in [3.05, 3.63) is 46.1 Å². The van der Waals surface area contributed by atoms with Gasteiger partial charge in [-0.2, -0.15) is 0 Å². The lowest BCUT2D eigenvalue weighted by Gasteiger charge is -2.16. The molecular weight excluding hydrogens is 340 g/mol. The summed E-state index contributed by atoms with van der Waals surface area (Å²) in [5, 5.41) is 30.5. The quantitative estimate of drug-likeness (QED) is 0.438. The molecule has 0 aromatic heterocycles. The Morgan fingerprint density at radius 2 is 1.85 bits per heavy atom. The van der Waals surface area contributed by atoms with E-state index < -0.39 is 5.97 Å². The average Bonchev–Trinajstić information content (AvgIpc) is 2.53. The molecule has 0 spiro atoms. The summed E-state index contributed by atoms with van der Waals surface area (Å²) in [7, 11) is 0. The van der Waals surface area contributed by atoms with Crippen LogP contribution < -0.4 is 0 Å². The number of phenolic OH excluding ortho intramolecular Hbond substituents is 1. The summed E-state index contributed by atoms with van der Waals surface area (Å²) in [4.78, 5) is 11.7. The first-order valence-corrected chi connectivity index (χ1v) is 9.76. The maximum absolute atomic E-state index is 11.7. The summed E-state index contributed by atoms with van der Waals surface area (Å²) in [6, 6.07) is 1.51. The molecule has 1 aromatic rings. The van der Waals surface area contributed by atoms with E-state index in [1.54, 1.807) is 0 Å². The molecule has 4 heteroatoms. The number of allylic oxidation sites excluding steroid dienone is 4. The van der Waals surface area contributed by atoms with E-state index in [1.807, 2.05) is 13.0 Å². The average molecular weight is 375 g/mol. The maximum atomic E-state index is 11.7. The van der Waals surface area contributed by atoms with Crippen LogP contribution in [-0.4, -0.2) is 21.3 Å². The Morgan fingerprint density at radius 1 is 1.19 bits per heavy atom. The predicted octanol–water partition coefficient (Wildman–Crippen LogP) is 6.01. The van der Waals surface area contributed by atoms with Crippen LogP contribution in [0.1, 0.15) is 81.8 Å². The molecule has 0 aliphatic rings. The number of carboxylic acids is 1. The van der Waals surface area contributed by atoms with Crippen LogP contribution in [0.5, 0.6) is 11.5 Å². The Labute approximate surface area is 163 Å². The first-order chi connectivity index (χ1) is 12.7. The second-order valence-electron chi connectivity index (χ2n) is 7.73. The van der Waals surface area contributed by atoms with Crippen molar-refractivity contribution >= 4 is 5.97 Å². The van der Waals surface area contributed by atoms with Crippen molar-refractivity contribution in [2.75, 3.05) is 0 Å². The molecule has 0 saturated heterocycles. The molecule has 0 saturated carbocycles. The number of aromatic hydroxyl groups is 2. The molecule has 0 aliphatic heterocycles. The number of rotatable bonds is 10. The summed E-state index contributed by atoms with van der Waals surface area (Å²) in [5.41, 5.74) is 3.11. The zero-order chi connectivity index (χ0) is 20.6. The van der Waals surface area contributed by atoms with Gasteiger partial charge in [-0.1, -0.05) is 50.0 Å². The smallest absolute Gasteiger partial charge is 0.339 e. The minimum absolute atomic E-state index is 0.0375. The largest absolute Gasteiger partial charge is 0.508 e. The third-order valence-corrected chi connectivity index (χ3v) is 4.77. The van der Waals surface area contributed by atoms with Crippen molar-refractivity contribution in [1.29, 1.82) is 0 Å². The standard InChI is InChI=1S/C23H34O4/c1-6-8-17(5)13-18-14-20(24)19(22(25)21(18)23(26)27)12-11-16(4)10-7-9-15(2)3/h9,11,14,17,24-25H,6-8,10,12-13H2,1-5H3,(H,26,27)/b16-11+. The van der Waals surface area contributed by atoms with Gasteiger partial charge in [0, 0.05) is 5.56 Å². The molecule has 27 heavy (non-hydrogen) atoms. The first kappa shape index (κ1) is 22.8. The van der Waals surface area contributed by atoms with Gasteiger partial charge in [-0.15, -0.1) is 0 Å². The molecule has 0 heterocycles. The van der Waals surface area contributed by atoms with E-state index in [2.05, 4.69) is 33.8 Å². The highest BCUT2D eigenvalue weighted by molar-refractivity contribution is 5.93. The molecule has 0 bridgehead atoms. The fourth-order valence-electron chi connectivity index (χ4n) is 3.29. The van der Waals surface area contributed by atoms with Crippen LogP contribution >= 0.6 is 0 Å². The van der Waals surface area contributed by atoms with E-state index in [0.717, 1.165) is 31.3 Å². The molecule has 0 aliphatic carbocycles. The highest BCUT2D eigenvalue weighted by atomic mass is 16.4. The lowest BCUT2D eigenvalue weighted by Crippen LogP contribution is -2.09. The van der Waals surface area contributed by atoms with E-state index >= 15 is 0 Å². The van der Waals surface area contributed by atoms with E-state index in [-0.39, 0.29) is 28.5 Å². The zero-order valence-electron chi connectivity index (χ0n) is 17.3. The maximum Gasteiger partial charge on any atom is 0.339 e. The predicted molar refractivity (Wildman–Crippen MR) is 111 cm³/mol. The van der Waals surface area contributed by atoms with E-state index in [9.17, 15) is 20.1 Å². The second-order valence-corrected chi connectivity index (χ2v) is 7.73. The van der Waals surface area contributed by atoms with Crippen LogP contribution in [0.15, 0.2) is 29.4 Å². The van der Waals surface area contributed by atoms with Crippen molar-refractivity contribution in [1.82, 2.24) is 0 Å². The van der Waals surface area contributed by atoms with Crippen LogP contribution in [0.2, 0.25) is 0 Å². The van der Waals surface area contributed by atoms with Crippen molar-refractivity contribution in [2.45, 2.75) is 73.1 Å². The molecule has 3 N–H and O–H groups in total. The van der Waals surface area contributed by atoms with Crippen molar-refractivity contribution in [3.8, 4) is 11.5 Å². The summed E-state index contributed by atoms with van der Waals surface area (Å²) >= 11 is 0. The van der Waals surface area contributed by atoms with Crippen LogP contribution in [0.3, 0.4) is 0 Å². The Bertz CT molecular complexity index is 710. The number of phenols is 2. The normalized spacial score (nSPS) is 12.7. The summed E-state index contributed by atoms with van der Waals surface area (Å²) < 4.78 is 0. The van der Waals surface area contributed by atoms with Crippen LogP contribution in [-0.2, 0) is 12.8 Å². The van der Waals surface area contributed by atoms with Gasteiger partial charge >= 0.3 is 5.97 Å². The van der Waals surface area contributed by atoms with Gasteiger partial charge in [0.25, 0.3) is 0 Å². The van der Waals surface area contributed by atoms with Crippen molar-refractivity contribution in [2.24, 2.45) is 5.92 Å². The number of hydrogen-bond acceptors (Lipinski definition) is 3. The highest BCUT2D eigenvalue weighted by Crippen LogP contribution is 2.36. The summed E-state index contributed by atoms with van der Waals surface area (Å²) in [5.74, 6) is -1.22. The minimum atomic E-state index is -1.16. The fourth-order valence-corrected chi connectivity index (χ4v) is 3.29. The van der Waals surface area contributed by atoms with Crippen LogP contribution in [0, 0.1) is 5.92 Å². The van der Waals surface area contributed by atoms with Crippen LogP contribution in [0.25, 0.3) is 0 Å². The van der Waals surface area contributed by atoms with Gasteiger partial charge in [-0.25, -0.2) is 4.79 Å². The minimum Gasteiger partial charge on any atom is -0.508 e. The van der Waals surface area contributed by atoms with Gasteiger partial charge in [0.1, 0.15) is 17.1 Å². The molecule has 0 fully saturated rings. The molecule has 1 aromatic carbocycles. The Kier molecular flexibility index (Phi) is 9.13. The monoisotopic (exact) mass is 374 g/mol. The van der Waals surface area contributed by atoms with E-state index in [4.69, 9.17) is 0 Å². The summed E-state index contributed by atoms with van der Waals surface area (Å²) in [6.45, 7) is 10.3. The zero-order valence-corrected chi connectivity index (χ0v) is 17.3.